The number of nitrogens with one attached hydrogen (secondary N) is 1. The summed E-state index contributed by atoms with van der Waals surface area (Å²) < 4.78 is 5.04. The number of aromatic nitrogens is 2. The highest BCUT2D eigenvalue weighted by Crippen LogP contribution is 2.18. The summed E-state index contributed by atoms with van der Waals surface area (Å²) >= 11 is 0. The van der Waals surface area contributed by atoms with Crippen LogP contribution in [-0.2, 0) is 4.74 Å². The van der Waals surface area contributed by atoms with Gasteiger partial charge in [-0.15, -0.1) is 0 Å². The number of nitrogens with zero attached hydrogens (tertiary/aromatic N) is 4. The van der Waals surface area contributed by atoms with E-state index in [0.29, 0.717) is 25.7 Å². The zero-order chi connectivity index (χ0) is 16.1. The summed E-state index contributed by atoms with van der Waals surface area (Å²) in [5.41, 5.74) is 0. The summed E-state index contributed by atoms with van der Waals surface area (Å²) in [5.74, 6) is 2.48. The van der Waals surface area contributed by atoms with Gasteiger partial charge in [0.05, 0.1) is 6.61 Å². The Kier molecular flexibility index (Phi) is 5.41. The molecule has 0 bridgehead atoms. The van der Waals surface area contributed by atoms with Crippen molar-refractivity contribution in [2.24, 2.45) is 0 Å². The van der Waals surface area contributed by atoms with Gasteiger partial charge in [0.2, 0.25) is 0 Å². The Morgan fingerprint density at radius 3 is 2.59 bits per heavy atom. The minimum absolute atomic E-state index is 0.233. The van der Waals surface area contributed by atoms with Crippen molar-refractivity contribution in [1.82, 2.24) is 14.9 Å². The van der Waals surface area contributed by atoms with Crippen molar-refractivity contribution in [3.63, 3.8) is 0 Å². The maximum Gasteiger partial charge on any atom is 0.409 e. The molecule has 1 saturated heterocycles. The van der Waals surface area contributed by atoms with Crippen LogP contribution >= 0.6 is 0 Å². The number of ether oxygens (including phenoxy) is 1. The molecule has 122 valence electrons. The van der Waals surface area contributed by atoms with Crippen molar-refractivity contribution in [2.75, 3.05) is 43.0 Å². The normalized spacial score (nSPS) is 15.1. The van der Waals surface area contributed by atoms with Gasteiger partial charge in [-0.25, -0.2) is 14.8 Å². The van der Waals surface area contributed by atoms with E-state index in [2.05, 4.69) is 34.0 Å². The standard InChI is InChI=1S/C15H25N5O2/c1-5-22-15(21)20-8-6-19(7-9-20)14-10-13(16-11(2)3)17-12(4)18-14/h10-11H,5-9H2,1-4H3,(H,16,17,18). The summed E-state index contributed by atoms with van der Waals surface area (Å²) in [6, 6.07) is 2.29. The number of anilines is 2. The molecule has 2 heterocycles. The van der Waals surface area contributed by atoms with E-state index in [1.165, 1.54) is 0 Å². The smallest absolute Gasteiger partial charge is 0.409 e. The molecule has 1 aliphatic rings. The van der Waals surface area contributed by atoms with E-state index in [0.717, 1.165) is 30.5 Å². The first-order valence-electron chi connectivity index (χ1n) is 7.78. The summed E-state index contributed by atoms with van der Waals surface area (Å²) in [7, 11) is 0. The van der Waals surface area contributed by atoms with Crippen molar-refractivity contribution in [2.45, 2.75) is 33.7 Å². The van der Waals surface area contributed by atoms with Crippen LogP contribution in [0, 0.1) is 6.92 Å². The summed E-state index contributed by atoms with van der Waals surface area (Å²) in [6.45, 7) is 11.1. The lowest BCUT2D eigenvalue weighted by atomic mass is 10.3. The van der Waals surface area contributed by atoms with E-state index < -0.39 is 0 Å². The van der Waals surface area contributed by atoms with Gasteiger partial charge in [-0.3, -0.25) is 0 Å². The fraction of sp³-hybridized carbons (Fsp3) is 0.667. The van der Waals surface area contributed by atoms with Gasteiger partial charge < -0.3 is 19.9 Å². The third-order valence-corrected chi connectivity index (χ3v) is 3.39. The second kappa shape index (κ2) is 7.29. The molecule has 1 amide bonds. The molecule has 0 unspecified atom stereocenters. The molecule has 2 rings (SSSR count). The molecule has 0 atom stereocenters. The maximum atomic E-state index is 11.7. The van der Waals surface area contributed by atoms with E-state index in [1.54, 1.807) is 4.90 Å². The first-order valence-corrected chi connectivity index (χ1v) is 7.78. The van der Waals surface area contributed by atoms with Gasteiger partial charge in [0.1, 0.15) is 17.5 Å². The monoisotopic (exact) mass is 307 g/mol. The van der Waals surface area contributed by atoms with Crippen LogP contribution < -0.4 is 10.2 Å². The number of piperazine rings is 1. The highest BCUT2D eigenvalue weighted by molar-refractivity contribution is 5.68. The van der Waals surface area contributed by atoms with Crippen molar-refractivity contribution >= 4 is 17.7 Å². The van der Waals surface area contributed by atoms with E-state index in [9.17, 15) is 4.79 Å². The molecule has 1 fully saturated rings. The number of hydrogen-bond acceptors (Lipinski definition) is 6. The van der Waals surface area contributed by atoms with E-state index in [-0.39, 0.29) is 6.09 Å². The van der Waals surface area contributed by atoms with Crippen LogP contribution in [0.4, 0.5) is 16.4 Å². The minimum atomic E-state index is -0.233. The Labute approximate surface area is 131 Å². The molecule has 0 radical (unpaired) electrons. The lowest BCUT2D eigenvalue weighted by molar-refractivity contribution is 0.105. The lowest BCUT2D eigenvalue weighted by Gasteiger charge is -2.34. The Morgan fingerprint density at radius 2 is 2.00 bits per heavy atom. The molecule has 1 aromatic rings. The molecule has 0 saturated carbocycles. The molecule has 7 nitrogen and oxygen atoms in total. The zero-order valence-electron chi connectivity index (χ0n) is 13.8. The molecule has 0 aromatic carbocycles. The van der Waals surface area contributed by atoms with Gasteiger partial charge in [-0.05, 0) is 27.7 Å². The second-order valence-electron chi connectivity index (χ2n) is 5.63. The molecule has 0 aliphatic carbocycles. The molecular weight excluding hydrogens is 282 g/mol. The van der Waals surface area contributed by atoms with Crippen molar-refractivity contribution in [3.05, 3.63) is 11.9 Å². The molecule has 0 spiro atoms. The largest absolute Gasteiger partial charge is 0.450 e. The topological polar surface area (TPSA) is 70.6 Å². The van der Waals surface area contributed by atoms with E-state index in [1.807, 2.05) is 19.9 Å². The van der Waals surface area contributed by atoms with Gasteiger partial charge in [0, 0.05) is 38.3 Å². The highest BCUT2D eigenvalue weighted by atomic mass is 16.6. The third kappa shape index (κ3) is 4.22. The zero-order valence-corrected chi connectivity index (χ0v) is 13.8. The number of hydrogen-bond donors (Lipinski definition) is 1. The van der Waals surface area contributed by atoms with Crippen LogP contribution in [0.15, 0.2) is 6.07 Å². The van der Waals surface area contributed by atoms with E-state index >= 15 is 0 Å². The van der Waals surface area contributed by atoms with Crippen molar-refractivity contribution < 1.29 is 9.53 Å². The third-order valence-electron chi connectivity index (χ3n) is 3.39. The lowest BCUT2D eigenvalue weighted by Crippen LogP contribution is -2.49. The van der Waals surface area contributed by atoms with Gasteiger partial charge in [-0.2, -0.15) is 0 Å². The van der Waals surface area contributed by atoms with E-state index in [4.69, 9.17) is 4.74 Å². The van der Waals surface area contributed by atoms with Gasteiger partial charge in [-0.1, -0.05) is 0 Å². The van der Waals surface area contributed by atoms with Crippen molar-refractivity contribution in [1.29, 1.82) is 0 Å². The predicted octanol–water partition coefficient (Wildman–Crippen LogP) is 1.88. The highest BCUT2D eigenvalue weighted by Gasteiger charge is 2.23. The Bertz CT molecular complexity index is 513. The molecule has 1 aliphatic heterocycles. The maximum absolute atomic E-state index is 11.7. The number of amides is 1. The van der Waals surface area contributed by atoms with Gasteiger partial charge >= 0.3 is 6.09 Å². The van der Waals surface area contributed by atoms with Gasteiger partial charge in [0.25, 0.3) is 0 Å². The summed E-state index contributed by atoms with van der Waals surface area (Å²) in [6.07, 6.45) is -0.233. The number of aryl methyl sites for hydroxylation is 1. The molecule has 7 heteroatoms. The van der Waals surface area contributed by atoms with Crippen LogP contribution in [-0.4, -0.2) is 59.8 Å². The predicted molar refractivity (Wildman–Crippen MR) is 86.3 cm³/mol. The molecule has 22 heavy (non-hydrogen) atoms. The average Bonchev–Trinajstić information content (AvgIpc) is 2.46. The number of carbonyl (C=O) groups is 1. The molecular formula is C15H25N5O2. The van der Waals surface area contributed by atoms with Crippen LogP contribution in [0.3, 0.4) is 0 Å². The minimum Gasteiger partial charge on any atom is -0.450 e. The van der Waals surface area contributed by atoms with Gasteiger partial charge in [0.15, 0.2) is 0 Å². The first kappa shape index (κ1) is 16.3. The average molecular weight is 307 g/mol. The van der Waals surface area contributed by atoms with Crippen LogP contribution in [0.5, 0.6) is 0 Å². The molecule has 1 aromatic heterocycles. The SMILES string of the molecule is CCOC(=O)N1CCN(c2cc(NC(C)C)nc(C)n2)CC1. The van der Waals surface area contributed by atoms with Crippen molar-refractivity contribution in [3.8, 4) is 0 Å². The quantitative estimate of drug-likeness (QED) is 0.916. The number of rotatable bonds is 4. The fourth-order valence-electron chi connectivity index (χ4n) is 2.42. The number of carbonyl (C=O) groups excluding carboxylic acids is 1. The Hall–Kier alpha value is -2.05. The second-order valence-corrected chi connectivity index (χ2v) is 5.63. The van der Waals surface area contributed by atoms with Crippen LogP contribution in [0.25, 0.3) is 0 Å². The van der Waals surface area contributed by atoms with Crippen LogP contribution in [0.1, 0.15) is 26.6 Å². The Morgan fingerprint density at radius 1 is 1.32 bits per heavy atom. The van der Waals surface area contributed by atoms with Crippen LogP contribution in [0.2, 0.25) is 0 Å². The summed E-state index contributed by atoms with van der Waals surface area (Å²) in [4.78, 5) is 24.5. The molecule has 1 N–H and O–H groups in total. The fourth-order valence-corrected chi connectivity index (χ4v) is 2.42. The summed E-state index contributed by atoms with van der Waals surface area (Å²) in [5, 5.41) is 3.31. The Balaban J connectivity index is 2.01. The first-order chi connectivity index (χ1) is 10.5.